The molecule has 0 saturated heterocycles. The number of anilines is 2. The van der Waals surface area contributed by atoms with Crippen molar-refractivity contribution >= 4 is 56.8 Å². The Morgan fingerprint density at radius 3 is 2.24 bits per heavy atom. The Morgan fingerprint density at radius 1 is 0.811 bits per heavy atom. The molecule has 0 saturated carbocycles. The van der Waals surface area contributed by atoms with E-state index in [9.17, 15) is 9.59 Å². The monoisotopic (exact) mass is 507 g/mol. The maximum atomic E-state index is 13.0. The van der Waals surface area contributed by atoms with Crippen molar-refractivity contribution in [2.24, 2.45) is 0 Å². The number of nitrogens with one attached hydrogen (secondary N) is 2. The van der Waals surface area contributed by atoms with Gasteiger partial charge in [-0.2, -0.15) is 0 Å². The molecule has 0 fully saturated rings. The minimum Gasteiger partial charge on any atom is -0.341 e. The lowest BCUT2D eigenvalue weighted by Gasteiger charge is -2.13. The maximum Gasteiger partial charge on any atom is 0.255 e. The van der Waals surface area contributed by atoms with Gasteiger partial charge in [-0.15, -0.1) is 11.8 Å². The lowest BCUT2D eigenvalue weighted by atomic mass is 10.1. The van der Waals surface area contributed by atoms with E-state index in [1.165, 1.54) is 28.2 Å². The lowest BCUT2D eigenvalue weighted by Crippen LogP contribution is -2.22. The van der Waals surface area contributed by atoms with Crippen molar-refractivity contribution < 1.29 is 9.59 Å². The van der Waals surface area contributed by atoms with Gasteiger partial charge in [-0.3, -0.25) is 9.59 Å². The van der Waals surface area contributed by atoms with E-state index in [4.69, 9.17) is 0 Å². The van der Waals surface area contributed by atoms with Gasteiger partial charge in [0.25, 0.3) is 5.91 Å². The molecule has 0 aliphatic rings. The second kappa shape index (κ2) is 10.5. The minimum absolute atomic E-state index is 0.0551. The summed E-state index contributed by atoms with van der Waals surface area (Å²) in [5.41, 5.74) is 5.46. The van der Waals surface area contributed by atoms with Crippen LogP contribution in [0.2, 0.25) is 0 Å². The number of nitrogens with zero attached hydrogens (tertiary/aromatic N) is 1. The van der Waals surface area contributed by atoms with E-state index in [0.29, 0.717) is 11.3 Å². The van der Waals surface area contributed by atoms with Crippen LogP contribution in [0.5, 0.6) is 0 Å². The molecule has 1 heterocycles. The van der Waals surface area contributed by atoms with Crippen LogP contribution < -0.4 is 10.6 Å². The van der Waals surface area contributed by atoms with Crippen LogP contribution in [0.1, 0.15) is 29.8 Å². The number of hydrogen-bond donors (Lipinski definition) is 2. The van der Waals surface area contributed by atoms with Gasteiger partial charge in [0.2, 0.25) is 5.91 Å². The molecule has 1 aromatic heterocycles. The van der Waals surface area contributed by atoms with Gasteiger partial charge in [-0.1, -0.05) is 36.4 Å². The largest absolute Gasteiger partial charge is 0.341 e. The molecule has 6 heteroatoms. The smallest absolute Gasteiger partial charge is 0.255 e. The molecule has 0 bridgehead atoms. The molecule has 4 aromatic carbocycles. The fourth-order valence-electron chi connectivity index (χ4n) is 4.62. The topological polar surface area (TPSA) is 63.1 Å². The van der Waals surface area contributed by atoms with E-state index in [2.05, 4.69) is 52.5 Å². The molecular formula is C31H29N3O2S. The highest BCUT2D eigenvalue weighted by molar-refractivity contribution is 8.00. The summed E-state index contributed by atoms with van der Waals surface area (Å²) >= 11 is 1.48. The first-order chi connectivity index (χ1) is 17.9. The van der Waals surface area contributed by atoms with Crippen LogP contribution in [-0.2, 0) is 11.3 Å². The predicted molar refractivity (Wildman–Crippen MR) is 155 cm³/mol. The van der Waals surface area contributed by atoms with Crippen LogP contribution in [0.4, 0.5) is 11.4 Å². The van der Waals surface area contributed by atoms with Gasteiger partial charge in [-0.25, -0.2) is 0 Å². The average Bonchev–Trinajstić information content (AvgIpc) is 3.23. The molecule has 186 valence electrons. The summed E-state index contributed by atoms with van der Waals surface area (Å²) in [5.74, 6) is -0.189. The summed E-state index contributed by atoms with van der Waals surface area (Å²) in [6.45, 7) is 6.85. The molecular weight excluding hydrogens is 478 g/mol. The third-order valence-electron chi connectivity index (χ3n) is 6.54. The Balaban J connectivity index is 1.24. The molecule has 1 unspecified atom stereocenters. The van der Waals surface area contributed by atoms with Crippen molar-refractivity contribution in [2.75, 3.05) is 10.6 Å². The number of carbonyl (C=O) groups excluding carboxylic acids is 2. The molecule has 2 N–H and O–H groups in total. The van der Waals surface area contributed by atoms with Gasteiger partial charge in [0.15, 0.2) is 0 Å². The number of rotatable bonds is 7. The standard InChI is InChI=1S/C31H29N3O2S/c1-4-34-28-12-8-7-11-26(28)27-19-23(15-18-29(27)34)33-30(35)21(3)37-24-16-13-22(14-17-24)32-31(36)25-10-6-5-9-20(25)2/h5-19,21H,4H2,1-3H3,(H,32,36)(H,33,35). The first-order valence-electron chi connectivity index (χ1n) is 12.4. The number of benzene rings is 4. The third-order valence-corrected chi connectivity index (χ3v) is 7.65. The van der Waals surface area contributed by atoms with E-state index in [1.807, 2.05) is 74.5 Å². The van der Waals surface area contributed by atoms with Crippen LogP contribution in [0, 0.1) is 6.92 Å². The molecule has 1 atom stereocenters. The normalized spacial score (nSPS) is 12.0. The highest BCUT2D eigenvalue weighted by Crippen LogP contribution is 2.32. The van der Waals surface area contributed by atoms with Crippen LogP contribution >= 0.6 is 11.8 Å². The highest BCUT2D eigenvalue weighted by Gasteiger charge is 2.16. The van der Waals surface area contributed by atoms with Gasteiger partial charge in [0.1, 0.15) is 0 Å². The number of amides is 2. The zero-order valence-corrected chi connectivity index (χ0v) is 21.9. The van der Waals surface area contributed by atoms with Gasteiger partial charge in [-0.05, 0) is 80.9 Å². The Labute approximate surface area is 220 Å². The quantitative estimate of drug-likeness (QED) is 0.224. The SMILES string of the molecule is CCn1c2ccccc2c2cc(NC(=O)C(C)Sc3ccc(NC(=O)c4ccccc4C)cc3)ccc21. The molecule has 5 nitrogen and oxygen atoms in total. The number of carbonyl (C=O) groups is 2. The molecule has 0 aliphatic carbocycles. The van der Waals surface area contributed by atoms with Crippen molar-refractivity contribution in [1.82, 2.24) is 4.57 Å². The first kappa shape index (κ1) is 24.7. The Bertz CT molecular complexity index is 1600. The van der Waals surface area contributed by atoms with E-state index >= 15 is 0 Å². The van der Waals surface area contributed by atoms with Crippen molar-refractivity contribution in [3.05, 3.63) is 102 Å². The van der Waals surface area contributed by atoms with Gasteiger partial charge >= 0.3 is 0 Å². The summed E-state index contributed by atoms with van der Waals surface area (Å²) in [6.07, 6.45) is 0. The van der Waals surface area contributed by atoms with Crippen molar-refractivity contribution in [1.29, 1.82) is 0 Å². The minimum atomic E-state index is -0.292. The van der Waals surface area contributed by atoms with E-state index in [-0.39, 0.29) is 17.1 Å². The number of para-hydroxylation sites is 1. The van der Waals surface area contributed by atoms with E-state index in [1.54, 1.807) is 0 Å². The first-order valence-corrected chi connectivity index (χ1v) is 13.3. The second-order valence-electron chi connectivity index (χ2n) is 9.04. The van der Waals surface area contributed by atoms with Crippen LogP contribution in [0.25, 0.3) is 21.8 Å². The van der Waals surface area contributed by atoms with Gasteiger partial charge < -0.3 is 15.2 Å². The molecule has 5 rings (SSSR count). The van der Waals surface area contributed by atoms with Crippen molar-refractivity contribution in [2.45, 2.75) is 37.5 Å². The summed E-state index contributed by atoms with van der Waals surface area (Å²) < 4.78 is 2.29. The Morgan fingerprint density at radius 2 is 1.49 bits per heavy atom. The van der Waals surface area contributed by atoms with E-state index < -0.39 is 0 Å². The molecule has 0 spiro atoms. The fraction of sp³-hybridized carbons (Fsp3) is 0.161. The maximum absolute atomic E-state index is 13.0. The van der Waals surface area contributed by atoms with E-state index in [0.717, 1.165) is 28.1 Å². The summed E-state index contributed by atoms with van der Waals surface area (Å²) in [5, 5.41) is 8.05. The number of aryl methyl sites for hydroxylation is 2. The van der Waals surface area contributed by atoms with Crippen LogP contribution in [-0.4, -0.2) is 21.6 Å². The summed E-state index contributed by atoms with van der Waals surface area (Å²) in [4.78, 5) is 26.5. The highest BCUT2D eigenvalue weighted by atomic mass is 32.2. The van der Waals surface area contributed by atoms with Gasteiger partial charge in [0.05, 0.1) is 5.25 Å². The van der Waals surface area contributed by atoms with Crippen LogP contribution in [0.15, 0.2) is 95.9 Å². The third kappa shape index (κ3) is 5.11. The second-order valence-corrected chi connectivity index (χ2v) is 10.5. The molecule has 0 aliphatic heterocycles. The predicted octanol–water partition coefficient (Wildman–Crippen LogP) is 7.49. The Hall–Kier alpha value is -4.03. The zero-order chi connectivity index (χ0) is 25.9. The molecule has 0 radical (unpaired) electrons. The summed E-state index contributed by atoms with van der Waals surface area (Å²) in [6, 6.07) is 29.5. The molecule has 37 heavy (non-hydrogen) atoms. The summed E-state index contributed by atoms with van der Waals surface area (Å²) in [7, 11) is 0. The number of hydrogen-bond acceptors (Lipinski definition) is 3. The fourth-order valence-corrected chi connectivity index (χ4v) is 5.48. The van der Waals surface area contributed by atoms with Crippen LogP contribution in [0.3, 0.4) is 0 Å². The Kier molecular flexibility index (Phi) is 7.01. The van der Waals surface area contributed by atoms with Crippen molar-refractivity contribution in [3.8, 4) is 0 Å². The number of aromatic nitrogens is 1. The molecule has 5 aromatic rings. The molecule has 2 amide bonds. The number of thioether (sulfide) groups is 1. The zero-order valence-electron chi connectivity index (χ0n) is 21.1. The number of fused-ring (bicyclic) bond motifs is 3. The lowest BCUT2D eigenvalue weighted by molar-refractivity contribution is -0.115. The van der Waals surface area contributed by atoms with Crippen molar-refractivity contribution in [3.63, 3.8) is 0 Å². The average molecular weight is 508 g/mol. The van der Waals surface area contributed by atoms with Gasteiger partial charge in [0, 0.05) is 50.2 Å².